The van der Waals surface area contributed by atoms with E-state index < -0.39 is 0 Å². The predicted octanol–water partition coefficient (Wildman–Crippen LogP) is 2.98. The SMILES string of the molecule is COc1ccc([C@H]2CN(C)C[C@@H]2CNc2nc(C)c(C(C)C)c(=O)[nH]2)cc1OC. The van der Waals surface area contributed by atoms with Crippen LogP contribution in [0.3, 0.4) is 0 Å². The molecule has 1 aliphatic rings. The van der Waals surface area contributed by atoms with Gasteiger partial charge in [-0.3, -0.25) is 9.78 Å². The molecule has 7 heteroatoms. The number of aromatic nitrogens is 2. The third-order valence-corrected chi connectivity index (χ3v) is 5.71. The lowest BCUT2D eigenvalue weighted by atomic mass is 9.88. The Morgan fingerprint density at radius 3 is 2.59 bits per heavy atom. The Kier molecular flexibility index (Phi) is 6.47. The van der Waals surface area contributed by atoms with Gasteiger partial charge in [0.15, 0.2) is 11.5 Å². The van der Waals surface area contributed by atoms with Crippen molar-refractivity contribution in [3.8, 4) is 11.5 Å². The van der Waals surface area contributed by atoms with Gasteiger partial charge in [-0.1, -0.05) is 19.9 Å². The van der Waals surface area contributed by atoms with E-state index in [4.69, 9.17) is 9.47 Å². The van der Waals surface area contributed by atoms with Gasteiger partial charge in [0, 0.05) is 31.1 Å². The van der Waals surface area contributed by atoms with Crippen LogP contribution < -0.4 is 20.3 Å². The second-order valence-electron chi connectivity index (χ2n) is 8.15. The molecule has 29 heavy (non-hydrogen) atoms. The summed E-state index contributed by atoms with van der Waals surface area (Å²) in [5.41, 5.74) is 2.70. The number of nitrogens with zero attached hydrogens (tertiary/aromatic N) is 2. The van der Waals surface area contributed by atoms with E-state index in [1.54, 1.807) is 14.2 Å². The lowest BCUT2D eigenvalue weighted by Gasteiger charge is -2.21. The molecule has 3 rings (SSSR count). The highest BCUT2D eigenvalue weighted by atomic mass is 16.5. The van der Waals surface area contributed by atoms with Gasteiger partial charge in [-0.15, -0.1) is 0 Å². The van der Waals surface area contributed by atoms with Crippen LogP contribution in [0.2, 0.25) is 0 Å². The van der Waals surface area contributed by atoms with E-state index >= 15 is 0 Å². The van der Waals surface area contributed by atoms with E-state index in [-0.39, 0.29) is 11.5 Å². The summed E-state index contributed by atoms with van der Waals surface area (Å²) in [6, 6.07) is 6.14. The van der Waals surface area contributed by atoms with Crippen LogP contribution in [-0.2, 0) is 0 Å². The number of methoxy groups -OCH3 is 2. The molecule has 2 heterocycles. The quantitative estimate of drug-likeness (QED) is 0.744. The fraction of sp³-hybridized carbons (Fsp3) is 0.545. The van der Waals surface area contributed by atoms with Gasteiger partial charge >= 0.3 is 0 Å². The number of aromatic amines is 1. The van der Waals surface area contributed by atoms with Crippen LogP contribution in [0.1, 0.15) is 42.5 Å². The first-order valence-corrected chi connectivity index (χ1v) is 10.1. The van der Waals surface area contributed by atoms with E-state index in [9.17, 15) is 4.79 Å². The molecule has 1 aromatic heterocycles. The monoisotopic (exact) mass is 400 g/mol. The molecule has 0 aliphatic carbocycles. The third kappa shape index (κ3) is 4.56. The van der Waals surface area contributed by atoms with Crippen molar-refractivity contribution < 1.29 is 9.47 Å². The average molecular weight is 401 g/mol. The first-order valence-electron chi connectivity index (χ1n) is 10.1. The van der Waals surface area contributed by atoms with Gasteiger partial charge in [0.25, 0.3) is 5.56 Å². The number of aryl methyl sites for hydroxylation is 1. The Bertz CT molecular complexity index is 909. The summed E-state index contributed by atoms with van der Waals surface area (Å²) in [4.78, 5) is 22.2. The van der Waals surface area contributed by atoms with Gasteiger partial charge in [-0.25, -0.2) is 4.98 Å². The van der Waals surface area contributed by atoms with Crippen LogP contribution in [0, 0.1) is 12.8 Å². The minimum absolute atomic E-state index is 0.0602. The maximum absolute atomic E-state index is 12.4. The molecule has 158 valence electrons. The van der Waals surface area contributed by atoms with Crippen LogP contribution in [0.15, 0.2) is 23.0 Å². The molecule has 1 aromatic carbocycles. The zero-order chi connectivity index (χ0) is 21.1. The topological polar surface area (TPSA) is 79.5 Å². The standard InChI is InChI=1S/C22H32N4O3/c1-13(2)20-14(3)24-22(25-21(20)27)23-10-16-11-26(4)12-17(16)15-7-8-18(28-5)19(9-15)29-6/h7-9,13,16-17H,10-12H2,1-6H3,(H2,23,24,25,27)/t16-,17+/m0/s1. The van der Waals surface area contributed by atoms with Gasteiger partial charge in [-0.05, 0) is 43.5 Å². The van der Waals surface area contributed by atoms with Crippen molar-refractivity contribution in [3.63, 3.8) is 0 Å². The number of likely N-dealkylation sites (tertiary alicyclic amines) is 1. The minimum atomic E-state index is -0.0602. The molecule has 0 amide bonds. The highest BCUT2D eigenvalue weighted by Gasteiger charge is 2.32. The summed E-state index contributed by atoms with van der Waals surface area (Å²) in [6.45, 7) is 8.58. The van der Waals surface area contributed by atoms with Crippen LogP contribution in [0.4, 0.5) is 5.95 Å². The summed E-state index contributed by atoms with van der Waals surface area (Å²) in [5.74, 6) is 2.91. The van der Waals surface area contributed by atoms with Crippen molar-refractivity contribution in [1.82, 2.24) is 14.9 Å². The number of ether oxygens (including phenoxy) is 2. The van der Waals surface area contributed by atoms with Crippen molar-refractivity contribution in [2.75, 3.05) is 46.2 Å². The molecule has 1 aliphatic heterocycles. The summed E-state index contributed by atoms with van der Waals surface area (Å²) < 4.78 is 10.8. The molecule has 1 saturated heterocycles. The molecule has 2 atom stereocenters. The van der Waals surface area contributed by atoms with Crippen molar-refractivity contribution in [3.05, 3.63) is 45.4 Å². The van der Waals surface area contributed by atoms with Gasteiger partial charge in [-0.2, -0.15) is 0 Å². The van der Waals surface area contributed by atoms with Crippen LogP contribution in [-0.4, -0.2) is 55.8 Å². The molecule has 0 saturated carbocycles. The van der Waals surface area contributed by atoms with Gasteiger partial charge in [0.05, 0.1) is 19.9 Å². The van der Waals surface area contributed by atoms with E-state index in [0.29, 0.717) is 17.8 Å². The molecular formula is C22H32N4O3. The van der Waals surface area contributed by atoms with Crippen molar-refractivity contribution in [2.45, 2.75) is 32.6 Å². The Morgan fingerprint density at radius 2 is 1.97 bits per heavy atom. The smallest absolute Gasteiger partial charge is 0.255 e. The molecule has 0 radical (unpaired) electrons. The molecular weight excluding hydrogens is 368 g/mol. The van der Waals surface area contributed by atoms with Crippen LogP contribution in [0.5, 0.6) is 11.5 Å². The van der Waals surface area contributed by atoms with Crippen LogP contribution >= 0.6 is 0 Å². The normalized spacial score (nSPS) is 19.6. The maximum atomic E-state index is 12.4. The Hall–Kier alpha value is -2.54. The van der Waals surface area contributed by atoms with E-state index in [1.165, 1.54) is 5.56 Å². The maximum Gasteiger partial charge on any atom is 0.255 e. The largest absolute Gasteiger partial charge is 0.493 e. The summed E-state index contributed by atoms with van der Waals surface area (Å²) in [6.07, 6.45) is 0. The molecule has 0 unspecified atom stereocenters. The first kappa shape index (κ1) is 21.2. The minimum Gasteiger partial charge on any atom is -0.493 e. The highest BCUT2D eigenvalue weighted by molar-refractivity contribution is 5.44. The van der Waals surface area contributed by atoms with Crippen molar-refractivity contribution in [2.24, 2.45) is 5.92 Å². The molecule has 0 spiro atoms. The molecule has 0 bridgehead atoms. The molecule has 1 fully saturated rings. The Balaban J connectivity index is 1.77. The number of nitrogens with one attached hydrogen (secondary N) is 2. The number of H-pyrrole nitrogens is 1. The molecule has 7 nitrogen and oxygen atoms in total. The fourth-order valence-corrected chi connectivity index (χ4v) is 4.34. The number of likely N-dealkylation sites (N-methyl/N-ethyl adjacent to an activating group) is 1. The summed E-state index contributed by atoms with van der Waals surface area (Å²) in [7, 11) is 5.44. The number of anilines is 1. The zero-order valence-electron chi connectivity index (χ0n) is 18.2. The molecule has 2 aromatic rings. The first-order chi connectivity index (χ1) is 13.8. The highest BCUT2D eigenvalue weighted by Crippen LogP contribution is 2.36. The fourth-order valence-electron chi connectivity index (χ4n) is 4.34. The predicted molar refractivity (Wildman–Crippen MR) is 115 cm³/mol. The number of hydrogen-bond acceptors (Lipinski definition) is 6. The lowest BCUT2D eigenvalue weighted by molar-refractivity contribution is 0.354. The number of benzene rings is 1. The second-order valence-corrected chi connectivity index (χ2v) is 8.15. The lowest BCUT2D eigenvalue weighted by Crippen LogP contribution is -2.25. The summed E-state index contributed by atoms with van der Waals surface area (Å²) >= 11 is 0. The van der Waals surface area contributed by atoms with E-state index in [0.717, 1.165) is 42.4 Å². The van der Waals surface area contributed by atoms with Gasteiger partial charge in [0.2, 0.25) is 5.95 Å². The second kappa shape index (κ2) is 8.86. The Labute approximate surface area is 172 Å². The zero-order valence-corrected chi connectivity index (χ0v) is 18.2. The third-order valence-electron chi connectivity index (χ3n) is 5.71. The molecule has 2 N–H and O–H groups in total. The van der Waals surface area contributed by atoms with Crippen LogP contribution in [0.25, 0.3) is 0 Å². The van der Waals surface area contributed by atoms with E-state index in [2.05, 4.69) is 39.4 Å². The number of hydrogen-bond donors (Lipinski definition) is 2. The van der Waals surface area contributed by atoms with Crippen molar-refractivity contribution in [1.29, 1.82) is 0 Å². The number of rotatable bonds is 7. The van der Waals surface area contributed by atoms with E-state index in [1.807, 2.05) is 26.8 Å². The average Bonchev–Trinajstić information content (AvgIpc) is 3.05. The van der Waals surface area contributed by atoms with Crippen molar-refractivity contribution >= 4 is 5.95 Å². The Morgan fingerprint density at radius 1 is 1.24 bits per heavy atom. The van der Waals surface area contributed by atoms with Gasteiger partial charge < -0.3 is 19.7 Å². The van der Waals surface area contributed by atoms with Gasteiger partial charge in [0.1, 0.15) is 0 Å². The summed E-state index contributed by atoms with van der Waals surface area (Å²) in [5, 5.41) is 3.36.